The van der Waals surface area contributed by atoms with Gasteiger partial charge in [0.25, 0.3) is 0 Å². The topological polar surface area (TPSA) is 67.9 Å². The summed E-state index contributed by atoms with van der Waals surface area (Å²) in [5.74, 6) is 0.550. The predicted molar refractivity (Wildman–Crippen MR) is 100 cm³/mol. The van der Waals surface area contributed by atoms with E-state index in [1.54, 1.807) is 4.90 Å². The Kier molecular flexibility index (Phi) is 6.51. The number of hydrogen-bond acceptors (Lipinski definition) is 4. The van der Waals surface area contributed by atoms with E-state index < -0.39 is 5.60 Å². The van der Waals surface area contributed by atoms with E-state index in [2.05, 4.69) is 5.32 Å². The number of nitrogens with zero attached hydrogens (tertiary/aromatic N) is 1. The van der Waals surface area contributed by atoms with Crippen LogP contribution in [0, 0.1) is 5.92 Å². The van der Waals surface area contributed by atoms with Gasteiger partial charge in [0.05, 0.1) is 18.6 Å². The lowest BCUT2D eigenvalue weighted by molar-refractivity contribution is -0.125. The van der Waals surface area contributed by atoms with Gasteiger partial charge in [0.1, 0.15) is 11.4 Å². The number of likely N-dealkylation sites (tertiary alicyclic amines) is 1. The lowest BCUT2D eigenvalue weighted by Gasteiger charge is -2.24. The summed E-state index contributed by atoms with van der Waals surface area (Å²) in [5, 5.41) is 3.04. The minimum atomic E-state index is -0.530. The maximum absolute atomic E-state index is 12.6. The van der Waals surface area contributed by atoms with Crippen LogP contribution in [0.3, 0.4) is 0 Å². The predicted octanol–water partition coefficient (Wildman–Crippen LogP) is 3.52. The zero-order chi connectivity index (χ0) is 19.3. The first kappa shape index (κ1) is 20.1. The molecule has 0 saturated carbocycles. The Morgan fingerprint density at radius 2 is 2.08 bits per heavy atom. The molecule has 26 heavy (non-hydrogen) atoms. The molecular formula is C20H30N2O4. The van der Waals surface area contributed by atoms with E-state index in [1.807, 2.05) is 58.9 Å². The summed E-state index contributed by atoms with van der Waals surface area (Å²) in [6.07, 6.45) is 0.293. The maximum atomic E-state index is 12.6. The van der Waals surface area contributed by atoms with Crippen LogP contribution in [-0.4, -0.2) is 42.2 Å². The van der Waals surface area contributed by atoms with E-state index >= 15 is 0 Å². The molecule has 2 unspecified atom stereocenters. The van der Waals surface area contributed by atoms with Crippen LogP contribution in [0.2, 0.25) is 0 Å². The lowest BCUT2D eigenvalue weighted by atomic mass is 10.0. The molecule has 1 heterocycles. The Morgan fingerprint density at radius 3 is 2.73 bits per heavy atom. The van der Waals surface area contributed by atoms with Crippen molar-refractivity contribution in [3.8, 4) is 5.75 Å². The van der Waals surface area contributed by atoms with Crippen molar-refractivity contribution in [1.29, 1.82) is 0 Å². The fourth-order valence-electron chi connectivity index (χ4n) is 2.92. The number of carbonyl (C=O) groups excluding carboxylic acids is 2. The standard InChI is InChI=1S/C20H30N2O4/c1-6-25-17-9-7-8-15(12-17)14(2)21-18(23)16-10-11-22(13-16)19(24)26-20(3,4)5/h7-9,12,14,16H,6,10-11,13H2,1-5H3,(H,21,23). The van der Waals surface area contributed by atoms with Crippen molar-refractivity contribution in [3.63, 3.8) is 0 Å². The van der Waals surface area contributed by atoms with Gasteiger partial charge in [-0.2, -0.15) is 0 Å². The molecule has 1 fully saturated rings. The minimum absolute atomic E-state index is 0.0367. The molecule has 0 aromatic heterocycles. The highest BCUT2D eigenvalue weighted by molar-refractivity contribution is 5.81. The molecule has 1 N–H and O–H groups in total. The second-order valence-electron chi connectivity index (χ2n) is 7.65. The van der Waals surface area contributed by atoms with Crippen molar-refractivity contribution >= 4 is 12.0 Å². The van der Waals surface area contributed by atoms with Crippen LogP contribution in [0.4, 0.5) is 4.79 Å². The minimum Gasteiger partial charge on any atom is -0.494 e. The molecule has 2 rings (SSSR count). The van der Waals surface area contributed by atoms with E-state index in [0.29, 0.717) is 26.1 Å². The van der Waals surface area contributed by atoms with Crippen LogP contribution < -0.4 is 10.1 Å². The number of ether oxygens (including phenoxy) is 2. The molecule has 6 nitrogen and oxygen atoms in total. The van der Waals surface area contributed by atoms with Gasteiger partial charge in [0, 0.05) is 13.1 Å². The monoisotopic (exact) mass is 362 g/mol. The molecule has 1 aliphatic heterocycles. The van der Waals surface area contributed by atoms with Crippen molar-refractivity contribution in [2.45, 2.75) is 52.7 Å². The van der Waals surface area contributed by atoms with E-state index in [-0.39, 0.29) is 24.0 Å². The number of carbonyl (C=O) groups is 2. The average molecular weight is 362 g/mol. The molecule has 0 aliphatic carbocycles. The van der Waals surface area contributed by atoms with Crippen LogP contribution in [0.5, 0.6) is 5.75 Å². The molecule has 1 aromatic rings. The lowest BCUT2D eigenvalue weighted by Crippen LogP contribution is -2.38. The number of hydrogen-bond donors (Lipinski definition) is 1. The summed E-state index contributed by atoms with van der Waals surface area (Å²) >= 11 is 0. The van der Waals surface area contributed by atoms with Gasteiger partial charge < -0.3 is 19.7 Å². The molecule has 0 spiro atoms. The van der Waals surface area contributed by atoms with Crippen LogP contribution >= 0.6 is 0 Å². The van der Waals surface area contributed by atoms with E-state index in [9.17, 15) is 9.59 Å². The Morgan fingerprint density at radius 1 is 1.35 bits per heavy atom. The summed E-state index contributed by atoms with van der Waals surface area (Å²) in [4.78, 5) is 26.3. The van der Waals surface area contributed by atoms with Crippen molar-refractivity contribution in [3.05, 3.63) is 29.8 Å². The van der Waals surface area contributed by atoms with Crippen LogP contribution in [-0.2, 0) is 9.53 Å². The number of benzene rings is 1. The van der Waals surface area contributed by atoms with E-state index in [1.165, 1.54) is 0 Å². The van der Waals surface area contributed by atoms with Gasteiger partial charge in [-0.05, 0) is 58.7 Å². The van der Waals surface area contributed by atoms with Crippen LogP contribution in [0.25, 0.3) is 0 Å². The molecule has 1 aromatic carbocycles. The molecule has 6 heteroatoms. The summed E-state index contributed by atoms with van der Waals surface area (Å²) < 4.78 is 10.9. The molecule has 0 radical (unpaired) electrons. The molecule has 0 bridgehead atoms. The van der Waals surface area contributed by atoms with Gasteiger partial charge in [-0.3, -0.25) is 4.79 Å². The quantitative estimate of drug-likeness (QED) is 0.870. The largest absolute Gasteiger partial charge is 0.494 e. The number of rotatable bonds is 5. The molecule has 144 valence electrons. The van der Waals surface area contributed by atoms with Gasteiger partial charge in [-0.25, -0.2) is 4.79 Å². The van der Waals surface area contributed by atoms with Crippen molar-refractivity contribution in [2.24, 2.45) is 5.92 Å². The highest BCUT2D eigenvalue weighted by Crippen LogP contribution is 2.23. The third kappa shape index (κ3) is 5.64. The molecule has 1 saturated heterocycles. The van der Waals surface area contributed by atoms with E-state index in [0.717, 1.165) is 11.3 Å². The second kappa shape index (κ2) is 8.43. The van der Waals surface area contributed by atoms with Crippen molar-refractivity contribution < 1.29 is 19.1 Å². The second-order valence-corrected chi connectivity index (χ2v) is 7.65. The highest BCUT2D eigenvalue weighted by atomic mass is 16.6. The first-order valence-electron chi connectivity index (χ1n) is 9.20. The third-order valence-corrected chi connectivity index (χ3v) is 4.24. The van der Waals surface area contributed by atoms with Crippen LogP contribution in [0.15, 0.2) is 24.3 Å². The Bertz CT molecular complexity index is 639. The van der Waals surface area contributed by atoms with Gasteiger partial charge in [0.2, 0.25) is 5.91 Å². The maximum Gasteiger partial charge on any atom is 0.410 e. The first-order chi connectivity index (χ1) is 12.2. The summed E-state index contributed by atoms with van der Waals surface area (Å²) in [6, 6.07) is 7.60. The zero-order valence-electron chi connectivity index (χ0n) is 16.4. The van der Waals surface area contributed by atoms with Gasteiger partial charge in [0.15, 0.2) is 0 Å². The Balaban J connectivity index is 1.90. The first-order valence-corrected chi connectivity index (χ1v) is 9.20. The van der Waals surface area contributed by atoms with Gasteiger partial charge >= 0.3 is 6.09 Å². The summed E-state index contributed by atoms with van der Waals surface area (Å²) in [6.45, 7) is 10.9. The van der Waals surface area contributed by atoms with E-state index in [4.69, 9.17) is 9.47 Å². The summed E-state index contributed by atoms with van der Waals surface area (Å²) in [5.41, 5.74) is 0.462. The van der Waals surface area contributed by atoms with Crippen LogP contribution in [0.1, 0.15) is 52.6 Å². The van der Waals surface area contributed by atoms with Gasteiger partial charge in [-0.15, -0.1) is 0 Å². The molecular weight excluding hydrogens is 332 g/mol. The molecule has 1 aliphatic rings. The fourth-order valence-corrected chi connectivity index (χ4v) is 2.92. The zero-order valence-corrected chi connectivity index (χ0v) is 16.4. The average Bonchev–Trinajstić information content (AvgIpc) is 3.04. The number of amides is 2. The van der Waals surface area contributed by atoms with Crippen molar-refractivity contribution in [2.75, 3.05) is 19.7 Å². The van der Waals surface area contributed by atoms with Gasteiger partial charge in [-0.1, -0.05) is 12.1 Å². The Hall–Kier alpha value is -2.24. The highest BCUT2D eigenvalue weighted by Gasteiger charge is 2.33. The normalized spacial score (nSPS) is 18.3. The SMILES string of the molecule is CCOc1cccc(C(C)NC(=O)C2CCN(C(=O)OC(C)(C)C)C2)c1. The smallest absolute Gasteiger partial charge is 0.410 e. The summed E-state index contributed by atoms with van der Waals surface area (Å²) in [7, 11) is 0. The third-order valence-electron chi connectivity index (χ3n) is 4.24. The number of nitrogens with one attached hydrogen (secondary N) is 1. The molecule has 2 atom stereocenters. The van der Waals surface area contributed by atoms with Crippen molar-refractivity contribution in [1.82, 2.24) is 10.2 Å². The Labute approximate surface area is 155 Å². The fraction of sp³-hybridized carbons (Fsp3) is 0.600. The molecule has 2 amide bonds.